The number of amides is 1. The Hall–Kier alpha value is -4.01. The second-order valence-corrected chi connectivity index (χ2v) is 10.8. The van der Waals surface area contributed by atoms with Gasteiger partial charge in [-0.2, -0.15) is 0 Å². The Labute approximate surface area is 227 Å². The number of methoxy groups -OCH3 is 1. The molecule has 2 heterocycles. The Morgan fingerprint density at radius 1 is 1.13 bits per heavy atom. The summed E-state index contributed by atoms with van der Waals surface area (Å²) in [5.74, 6) is 0.428. The first-order chi connectivity index (χ1) is 18.7. The maximum Gasteiger partial charge on any atom is 0.305 e. The molecule has 1 amide bonds. The van der Waals surface area contributed by atoms with E-state index in [2.05, 4.69) is 0 Å². The molecule has 2 aromatic carbocycles. The summed E-state index contributed by atoms with van der Waals surface area (Å²) < 4.78 is 6.37. The molecular weight excluding hydrogens is 494 g/mol. The fourth-order valence-corrected chi connectivity index (χ4v) is 5.70. The Morgan fingerprint density at radius 3 is 2.44 bits per heavy atom. The molecule has 0 unspecified atom stereocenters. The molecule has 3 N–H and O–H groups in total. The second-order valence-electron chi connectivity index (χ2n) is 10.8. The number of nitrogens with one attached hydrogen (secondary N) is 1. The minimum atomic E-state index is -0.522. The van der Waals surface area contributed by atoms with Crippen LogP contribution >= 0.6 is 0 Å². The van der Waals surface area contributed by atoms with Gasteiger partial charge in [-0.05, 0) is 61.3 Å². The van der Waals surface area contributed by atoms with Gasteiger partial charge in [-0.1, -0.05) is 30.3 Å². The fraction of sp³-hybridized carbons (Fsp3) is 0.433. The molecule has 2 fully saturated rings. The highest BCUT2D eigenvalue weighted by molar-refractivity contribution is 5.95. The summed E-state index contributed by atoms with van der Waals surface area (Å²) in [6, 6.07) is 13.1. The lowest BCUT2D eigenvalue weighted by Crippen LogP contribution is -2.44. The molecule has 9 nitrogen and oxygen atoms in total. The van der Waals surface area contributed by atoms with Crippen molar-refractivity contribution in [2.45, 2.75) is 50.4 Å². The van der Waals surface area contributed by atoms with Crippen LogP contribution in [0.4, 0.5) is 0 Å². The van der Waals surface area contributed by atoms with E-state index < -0.39 is 5.41 Å². The largest absolute Gasteiger partial charge is 0.469 e. The number of nitrogens with zero attached hydrogens (tertiary/aromatic N) is 3. The van der Waals surface area contributed by atoms with Gasteiger partial charge in [0.05, 0.1) is 23.6 Å². The summed E-state index contributed by atoms with van der Waals surface area (Å²) in [4.78, 5) is 45.0. The van der Waals surface area contributed by atoms with Gasteiger partial charge in [0.25, 0.3) is 5.56 Å². The summed E-state index contributed by atoms with van der Waals surface area (Å²) in [6.45, 7) is 1.42. The summed E-state index contributed by atoms with van der Waals surface area (Å²) in [5.41, 5.74) is 9.23. The standard InChI is InChI=1S/C30H35N5O4/c1-34-25-9-8-22(18-23(25)33-24(28(34)37)17-20-3-6-21(7-4-20)27(31)32)30(13-14-30)29(38)35-15-11-19(12-16-35)5-10-26(36)39-2/h3-4,6-9,18-19H,5,10-17H2,1-2H3,(H3,31,32). The first kappa shape index (κ1) is 26.6. The molecule has 39 heavy (non-hydrogen) atoms. The second kappa shape index (κ2) is 10.6. The van der Waals surface area contributed by atoms with Crippen molar-refractivity contribution in [3.8, 4) is 0 Å². The van der Waals surface area contributed by atoms with Crippen LogP contribution in [0, 0.1) is 11.3 Å². The van der Waals surface area contributed by atoms with E-state index in [1.807, 2.05) is 35.2 Å². The molecule has 1 aliphatic carbocycles. The number of aryl methyl sites for hydroxylation is 1. The number of ether oxygens (including phenoxy) is 1. The molecule has 2 aliphatic rings. The third kappa shape index (κ3) is 5.30. The van der Waals surface area contributed by atoms with Gasteiger partial charge in [0.2, 0.25) is 5.91 Å². The third-order valence-corrected chi connectivity index (χ3v) is 8.38. The highest BCUT2D eigenvalue weighted by Gasteiger charge is 2.53. The molecule has 0 atom stereocenters. The van der Waals surface area contributed by atoms with Gasteiger partial charge in [0.15, 0.2) is 0 Å². The van der Waals surface area contributed by atoms with E-state index in [0.717, 1.165) is 48.7 Å². The van der Waals surface area contributed by atoms with Gasteiger partial charge in [-0.3, -0.25) is 19.8 Å². The molecular formula is C30H35N5O4. The number of hydrogen-bond donors (Lipinski definition) is 2. The summed E-state index contributed by atoms with van der Waals surface area (Å²) in [6.07, 6.45) is 5.00. The molecule has 1 aromatic heterocycles. The maximum atomic E-state index is 13.7. The maximum absolute atomic E-state index is 13.7. The van der Waals surface area contributed by atoms with Crippen LogP contribution in [-0.4, -0.2) is 52.4 Å². The number of esters is 1. The SMILES string of the molecule is COC(=O)CCC1CCN(C(=O)C2(c3ccc4c(c3)nc(Cc3ccc(C(=N)N)cc3)c(=O)n4C)CC2)CC1. The zero-order chi connectivity index (χ0) is 27.7. The average Bonchev–Trinajstić information content (AvgIpc) is 3.76. The zero-order valence-corrected chi connectivity index (χ0v) is 22.5. The molecule has 1 saturated heterocycles. The quantitative estimate of drug-likeness (QED) is 0.262. The van der Waals surface area contributed by atoms with Crippen LogP contribution in [0.5, 0.6) is 0 Å². The van der Waals surface area contributed by atoms with Crippen LogP contribution in [0.25, 0.3) is 11.0 Å². The lowest BCUT2D eigenvalue weighted by molar-refractivity contribution is -0.141. The zero-order valence-electron chi connectivity index (χ0n) is 22.5. The predicted octanol–water partition coefficient (Wildman–Crippen LogP) is 3.03. The number of rotatable bonds is 8. The summed E-state index contributed by atoms with van der Waals surface area (Å²) in [7, 11) is 3.16. The van der Waals surface area contributed by atoms with Crippen molar-refractivity contribution in [3.63, 3.8) is 0 Å². The Morgan fingerprint density at radius 2 is 1.82 bits per heavy atom. The van der Waals surface area contributed by atoms with Gasteiger partial charge in [0.1, 0.15) is 11.5 Å². The van der Waals surface area contributed by atoms with Crippen LogP contribution in [0.2, 0.25) is 0 Å². The van der Waals surface area contributed by atoms with Crippen LogP contribution in [0.3, 0.4) is 0 Å². The molecule has 0 bridgehead atoms. The normalized spacial score (nSPS) is 16.7. The number of carbonyl (C=O) groups excluding carboxylic acids is 2. The molecule has 1 aliphatic heterocycles. The van der Waals surface area contributed by atoms with Gasteiger partial charge in [0, 0.05) is 38.5 Å². The predicted molar refractivity (Wildman–Crippen MR) is 149 cm³/mol. The first-order valence-corrected chi connectivity index (χ1v) is 13.5. The highest BCUT2D eigenvalue weighted by atomic mass is 16.5. The smallest absolute Gasteiger partial charge is 0.305 e. The number of benzene rings is 2. The van der Waals surface area contributed by atoms with E-state index in [1.165, 1.54) is 7.11 Å². The third-order valence-electron chi connectivity index (χ3n) is 8.38. The molecule has 204 valence electrons. The number of likely N-dealkylation sites (tertiary alicyclic amines) is 1. The molecule has 9 heteroatoms. The van der Waals surface area contributed by atoms with E-state index in [0.29, 0.717) is 48.6 Å². The Balaban J connectivity index is 1.34. The van der Waals surface area contributed by atoms with E-state index >= 15 is 0 Å². The number of piperidine rings is 1. The van der Waals surface area contributed by atoms with Crippen molar-refractivity contribution in [2.75, 3.05) is 20.2 Å². The van der Waals surface area contributed by atoms with Crippen LogP contribution < -0.4 is 11.3 Å². The van der Waals surface area contributed by atoms with Crippen molar-refractivity contribution >= 4 is 28.7 Å². The van der Waals surface area contributed by atoms with Crippen molar-refractivity contribution in [1.29, 1.82) is 5.41 Å². The van der Waals surface area contributed by atoms with Gasteiger partial charge < -0.3 is 19.9 Å². The van der Waals surface area contributed by atoms with E-state index in [9.17, 15) is 14.4 Å². The minimum absolute atomic E-state index is 0.000288. The molecule has 0 radical (unpaired) electrons. The number of hydrogen-bond acceptors (Lipinski definition) is 6. The van der Waals surface area contributed by atoms with Gasteiger partial charge >= 0.3 is 5.97 Å². The number of amidine groups is 1. The topological polar surface area (TPSA) is 131 Å². The fourth-order valence-electron chi connectivity index (χ4n) is 5.70. The number of carbonyl (C=O) groups is 2. The lowest BCUT2D eigenvalue weighted by atomic mass is 9.89. The summed E-state index contributed by atoms with van der Waals surface area (Å²) >= 11 is 0. The van der Waals surface area contributed by atoms with Crippen LogP contribution in [0.1, 0.15) is 60.9 Å². The first-order valence-electron chi connectivity index (χ1n) is 13.5. The van der Waals surface area contributed by atoms with Gasteiger partial charge in [-0.15, -0.1) is 0 Å². The molecule has 5 rings (SSSR count). The summed E-state index contributed by atoms with van der Waals surface area (Å²) in [5, 5.41) is 7.57. The van der Waals surface area contributed by atoms with E-state index in [1.54, 1.807) is 23.7 Å². The molecule has 3 aromatic rings. The van der Waals surface area contributed by atoms with Crippen LogP contribution in [-0.2, 0) is 33.2 Å². The number of aromatic nitrogens is 2. The lowest BCUT2D eigenvalue weighted by Gasteiger charge is -2.34. The van der Waals surface area contributed by atoms with Gasteiger partial charge in [-0.25, -0.2) is 4.98 Å². The number of nitrogen functional groups attached to an aromatic ring is 1. The van der Waals surface area contributed by atoms with Crippen molar-refractivity contribution in [2.24, 2.45) is 18.7 Å². The van der Waals surface area contributed by atoms with Crippen molar-refractivity contribution in [1.82, 2.24) is 14.5 Å². The number of nitrogens with two attached hydrogens (primary N) is 1. The highest BCUT2D eigenvalue weighted by Crippen LogP contribution is 2.50. The van der Waals surface area contributed by atoms with Crippen molar-refractivity contribution in [3.05, 3.63) is 75.2 Å². The number of fused-ring (bicyclic) bond motifs is 1. The molecule has 1 saturated carbocycles. The Kier molecular flexibility index (Phi) is 7.25. The van der Waals surface area contributed by atoms with Crippen molar-refractivity contribution < 1.29 is 14.3 Å². The molecule has 0 spiro atoms. The Bertz CT molecular complexity index is 1480. The van der Waals surface area contributed by atoms with E-state index in [-0.39, 0.29) is 23.3 Å². The average molecular weight is 530 g/mol. The van der Waals surface area contributed by atoms with Crippen LogP contribution in [0.15, 0.2) is 47.3 Å². The minimum Gasteiger partial charge on any atom is -0.469 e. The monoisotopic (exact) mass is 529 g/mol. The van der Waals surface area contributed by atoms with E-state index in [4.69, 9.17) is 20.9 Å².